The number of hydrogen-bond acceptors (Lipinski definition) is 4. The van der Waals surface area contributed by atoms with Crippen LogP contribution >= 0.6 is 0 Å². The van der Waals surface area contributed by atoms with E-state index in [-0.39, 0.29) is 0 Å². The molecule has 0 aliphatic heterocycles. The normalized spacial score (nSPS) is 20.7. The highest BCUT2D eigenvalue weighted by Crippen LogP contribution is 2.55. The molecule has 310 valence electrons. The maximum atomic E-state index is 13.5. The van der Waals surface area contributed by atoms with Crippen LogP contribution in [0.15, 0.2) is 12.2 Å². The van der Waals surface area contributed by atoms with E-state index < -0.39 is 47.3 Å². The standard InChI is InChI=1S/2C16H36N.C8H4F6O4/c2*1-5-9-13-17(14-10-6-2,15-11-7-3)16-12-8-4;9-5(3(15)16)1-2-6(10,11)8(13,14)7(5,12)4(17)18/h2*5-16H2,1-4H3;1-2H,(H,15,16)(H,17,18)/q2*+1;/p-2. The van der Waals surface area contributed by atoms with Gasteiger partial charge in [-0.2, -0.15) is 17.6 Å². The number of carbonyl (C=O) groups excluding carboxylic acids is 2. The lowest BCUT2D eigenvalue weighted by atomic mass is 9.74. The molecule has 0 aromatic heterocycles. The van der Waals surface area contributed by atoms with E-state index in [4.69, 9.17) is 0 Å². The van der Waals surface area contributed by atoms with Crippen LogP contribution < -0.4 is 10.2 Å². The molecule has 0 bridgehead atoms. The molecule has 0 spiro atoms. The summed E-state index contributed by atoms with van der Waals surface area (Å²) in [5.41, 5.74) is -10.8. The third-order valence-electron chi connectivity index (χ3n) is 10.3. The van der Waals surface area contributed by atoms with Gasteiger partial charge in [0.1, 0.15) is 0 Å². The molecule has 52 heavy (non-hydrogen) atoms. The van der Waals surface area contributed by atoms with E-state index in [0.29, 0.717) is 0 Å². The summed E-state index contributed by atoms with van der Waals surface area (Å²) in [6.45, 7) is 30.0. The first-order valence-electron chi connectivity index (χ1n) is 20.3. The smallest absolute Gasteiger partial charge is 0.356 e. The quantitative estimate of drug-likeness (QED) is 0.0502. The Morgan fingerprint density at radius 3 is 0.846 bits per heavy atom. The van der Waals surface area contributed by atoms with Crippen molar-refractivity contribution in [1.29, 1.82) is 0 Å². The van der Waals surface area contributed by atoms with Crippen LogP contribution in [0.2, 0.25) is 0 Å². The fraction of sp³-hybridized carbons (Fsp3) is 0.900. The Morgan fingerprint density at radius 2 is 0.673 bits per heavy atom. The van der Waals surface area contributed by atoms with Crippen LogP contribution in [0.25, 0.3) is 0 Å². The lowest BCUT2D eigenvalue weighted by Gasteiger charge is -2.47. The van der Waals surface area contributed by atoms with Gasteiger partial charge in [-0.3, -0.25) is 0 Å². The molecule has 0 aromatic rings. The largest absolute Gasteiger partial charge is 0.546 e. The van der Waals surface area contributed by atoms with E-state index in [1.165, 1.54) is 164 Å². The van der Waals surface area contributed by atoms with Crippen LogP contribution in [0.4, 0.5) is 26.3 Å². The molecular weight excluding hydrogens is 686 g/mol. The molecule has 0 heterocycles. The molecule has 1 aliphatic carbocycles. The second-order valence-electron chi connectivity index (χ2n) is 14.8. The summed E-state index contributed by atoms with van der Waals surface area (Å²) in [6.07, 6.45) is 20.3. The van der Waals surface area contributed by atoms with Crippen molar-refractivity contribution in [2.45, 2.75) is 181 Å². The van der Waals surface area contributed by atoms with Gasteiger partial charge in [-0.1, -0.05) is 107 Å². The highest BCUT2D eigenvalue weighted by molar-refractivity contribution is 5.93. The van der Waals surface area contributed by atoms with Crippen molar-refractivity contribution in [2.75, 3.05) is 52.4 Å². The lowest BCUT2D eigenvalue weighted by molar-refractivity contribution is -0.929. The molecule has 0 N–H and O–H groups in total. The fourth-order valence-electron chi connectivity index (χ4n) is 6.67. The van der Waals surface area contributed by atoms with E-state index in [2.05, 4.69) is 55.4 Å². The van der Waals surface area contributed by atoms with Crippen LogP contribution in [-0.2, 0) is 9.59 Å². The molecule has 1 rings (SSSR count). The van der Waals surface area contributed by atoms with E-state index in [9.17, 15) is 46.1 Å². The number of unbranched alkanes of at least 4 members (excludes halogenated alkanes) is 8. The molecule has 6 nitrogen and oxygen atoms in total. The molecule has 0 aromatic carbocycles. The molecule has 0 saturated heterocycles. The van der Waals surface area contributed by atoms with E-state index in [0.717, 1.165) is 0 Å². The Balaban J connectivity index is 0. The summed E-state index contributed by atoms with van der Waals surface area (Å²) in [5, 5.41) is 20.5. The third kappa shape index (κ3) is 15.1. The number of alkyl halides is 6. The predicted molar refractivity (Wildman–Crippen MR) is 195 cm³/mol. The maximum Gasteiger partial charge on any atom is 0.356 e. The zero-order valence-electron chi connectivity index (χ0n) is 33.9. The molecule has 2 atom stereocenters. The van der Waals surface area contributed by atoms with Gasteiger partial charge in [0.15, 0.2) is 0 Å². The minimum absolute atomic E-state index is 0.838. The molecule has 0 radical (unpaired) electrons. The van der Waals surface area contributed by atoms with Crippen molar-refractivity contribution in [3.63, 3.8) is 0 Å². The molecule has 12 heteroatoms. The topological polar surface area (TPSA) is 80.3 Å². The van der Waals surface area contributed by atoms with Gasteiger partial charge in [-0.25, -0.2) is 8.78 Å². The molecule has 0 saturated carbocycles. The Morgan fingerprint density at radius 1 is 0.442 bits per heavy atom. The monoisotopic (exact) mass is 761 g/mol. The summed E-state index contributed by atoms with van der Waals surface area (Å²) in [7, 11) is 0. The van der Waals surface area contributed by atoms with Crippen molar-refractivity contribution in [3.05, 3.63) is 12.2 Å². The Hall–Kier alpha value is -1.82. The van der Waals surface area contributed by atoms with Gasteiger partial charge in [0.25, 0.3) is 5.67 Å². The number of halogens is 6. The molecule has 2 unspecified atom stereocenters. The minimum atomic E-state index is -6.18. The van der Waals surface area contributed by atoms with Crippen LogP contribution in [0.3, 0.4) is 0 Å². The number of carboxylic acids is 2. The zero-order valence-corrected chi connectivity index (χ0v) is 33.9. The van der Waals surface area contributed by atoms with Crippen molar-refractivity contribution < 1.29 is 55.1 Å². The SMILES string of the molecule is CCCC[N+](CCCC)(CCCC)CCCC.CCCC[N+](CCCC)(CCCC)CCCC.O=C([O-])C1(F)C=CC(F)(F)C(F)(F)C1(F)C(=O)[O-]. The van der Waals surface area contributed by atoms with Gasteiger partial charge >= 0.3 is 11.8 Å². The second kappa shape index (κ2) is 26.1. The fourth-order valence-corrected chi connectivity index (χ4v) is 6.67. The number of rotatable bonds is 26. The summed E-state index contributed by atoms with van der Waals surface area (Å²) >= 11 is 0. The van der Waals surface area contributed by atoms with Crippen LogP contribution in [-0.4, -0.2) is 96.4 Å². The molecular formula is C40H74F6N2O4. The first-order valence-corrected chi connectivity index (χ1v) is 20.3. The van der Waals surface area contributed by atoms with Crippen molar-refractivity contribution in [1.82, 2.24) is 0 Å². The summed E-state index contributed by atoms with van der Waals surface area (Å²) in [6, 6.07) is 0. The lowest BCUT2D eigenvalue weighted by Crippen LogP contribution is -2.77. The number of aliphatic carboxylic acids is 2. The Kier molecular flexibility index (Phi) is 26.2. The first kappa shape index (κ1) is 52.3. The van der Waals surface area contributed by atoms with Crippen molar-refractivity contribution >= 4 is 11.9 Å². The number of carbonyl (C=O) groups is 2. The maximum absolute atomic E-state index is 13.5. The molecule has 0 fully saturated rings. The molecule has 1 aliphatic rings. The number of allylic oxidation sites excluding steroid dienone is 1. The van der Waals surface area contributed by atoms with Gasteiger partial charge < -0.3 is 28.8 Å². The molecule has 0 amide bonds. The van der Waals surface area contributed by atoms with Crippen molar-refractivity contribution in [2.24, 2.45) is 0 Å². The Labute approximate surface area is 312 Å². The average molecular weight is 761 g/mol. The van der Waals surface area contributed by atoms with Crippen LogP contribution in [0.5, 0.6) is 0 Å². The van der Waals surface area contributed by atoms with E-state index in [1.807, 2.05) is 0 Å². The van der Waals surface area contributed by atoms with Gasteiger partial charge in [0.2, 0.25) is 5.67 Å². The Bertz CT molecular complexity index is 888. The average Bonchev–Trinajstić information content (AvgIpc) is 3.12. The number of carboxylic acid groups (broad SMARTS) is 2. The predicted octanol–water partition coefficient (Wildman–Crippen LogP) is 8.75. The van der Waals surface area contributed by atoms with Gasteiger partial charge in [0.05, 0.1) is 64.3 Å². The van der Waals surface area contributed by atoms with E-state index in [1.54, 1.807) is 0 Å². The number of hydrogen-bond donors (Lipinski definition) is 0. The zero-order chi connectivity index (χ0) is 40.5. The van der Waals surface area contributed by atoms with E-state index >= 15 is 0 Å². The highest BCUT2D eigenvalue weighted by atomic mass is 19.3. The van der Waals surface area contributed by atoms with Gasteiger partial charge in [-0.15, -0.1) is 0 Å². The van der Waals surface area contributed by atoms with Gasteiger partial charge in [0, 0.05) is 0 Å². The highest BCUT2D eigenvalue weighted by Gasteiger charge is 2.80. The minimum Gasteiger partial charge on any atom is -0.546 e. The summed E-state index contributed by atoms with van der Waals surface area (Å²) in [4.78, 5) is 20.5. The summed E-state index contributed by atoms with van der Waals surface area (Å²) in [5.74, 6) is -18.5. The number of quaternary nitrogens is 2. The third-order valence-corrected chi connectivity index (χ3v) is 10.3. The van der Waals surface area contributed by atoms with Crippen LogP contribution in [0.1, 0.15) is 158 Å². The second-order valence-corrected chi connectivity index (χ2v) is 14.8. The summed E-state index contributed by atoms with van der Waals surface area (Å²) < 4.78 is 81.3. The van der Waals surface area contributed by atoms with Gasteiger partial charge in [-0.05, 0) is 63.5 Å². The van der Waals surface area contributed by atoms with Crippen LogP contribution in [0, 0.1) is 0 Å². The number of nitrogens with zero attached hydrogens (tertiary/aromatic N) is 2. The first-order chi connectivity index (χ1) is 24.3. The van der Waals surface area contributed by atoms with Crippen molar-refractivity contribution in [3.8, 4) is 0 Å².